The van der Waals surface area contributed by atoms with Gasteiger partial charge in [-0.3, -0.25) is 4.79 Å². The number of hydrogen-bond acceptors (Lipinski definition) is 3. The van der Waals surface area contributed by atoms with Crippen LogP contribution in [0.3, 0.4) is 0 Å². The monoisotopic (exact) mass is 204 g/mol. The zero-order chi connectivity index (χ0) is 11.1. The maximum atomic E-state index is 11.3. The maximum absolute atomic E-state index is 11.3. The van der Waals surface area contributed by atoms with E-state index < -0.39 is 0 Å². The van der Waals surface area contributed by atoms with Crippen LogP contribution >= 0.6 is 0 Å². The molecule has 1 rings (SSSR count). The van der Waals surface area contributed by atoms with Gasteiger partial charge in [-0.25, -0.2) is 4.79 Å². The molecule has 0 fully saturated rings. The maximum Gasteiger partial charge on any atom is 0.240 e. The van der Waals surface area contributed by atoms with E-state index in [1.165, 1.54) is 6.08 Å². The number of carbonyl (C=O) groups excluding carboxylic acids is 2. The van der Waals surface area contributed by atoms with Crippen LogP contribution in [0, 0.1) is 0 Å². The molecule has 15 heavy (non-hydrogen) atoms. The van der Waals surface area contributed by atoms with Crippen LogP contribution in [-0.2, 0) is 9.59 Å². The quantitative estimate of drug-likeness (QED) is 0.604. The molecule has 0 aliphatic heterocycles. The zero-order valence-electron chi connectivity index (χ0n) is 8.49. The number of nitrogens with one attached hydrogen (secondary N) is 1. The lowest BCUT2D eigenvalue weighted by molar-refractivity contribution is -0.116. The number of nitrogens with zero attached hydrogens (tertiary/aromatic N) is 1. The van der Waals surface area contributed by atoms with Crippen LogP contribution in [0.4, 0.5) is 11.4 Å². The van der Waals surface area contributed by atoms with Crippen molar-refractivity contribution >= 4 is 23.4 Å². The topological polar surface area (TPSA) is 58.5 Å². The summed E-state index contributed by atoms with van der Waals surface area (Å²) in [5.41, 5.74) is 1.13. The molecule has 0 saturated heterocycles. The molecule has 4 heteroatoms. The lowest BCUT2D eigenvalue weighted by atomic mass is 10.2. The van der Waals surface area contributed by atoms with Gasteiger partial charge < -0.3 is 5.32 Å². The Morgan fingerprint density at radius 1 is 1.53 bits per heavy atom. The molecule has 0 atom stereocenters. The fourth-order valence-corrected chi connectivity index (χ4v) is 1.16. The summed E-state index contributed by atoms with van der Waals surface area (Å²) in [6.45, 7) is 1.94. The van der Waals surface area contributed by atoms with Crippen molar-refractivity contribution in [2.45, 2.75) is 19.8 Å². The van der Waals surface area contributed by atoms with Crippen molar-refractivity contribution in [3.05, 3.63) is 24.3 Å². The predicted octanol–water partition coefficient (Wildman–Crippen LogP) is 2.39. The van der Waals surface area contributed by atoms with Crippen molar-refractivity contribution in [3.63, 3.8) is 0 Å². The first kappa shape index (κ1) is 11.1. The van der Waals surface area contributed by atoms with Crippen LogP contribution in [0.2, 0.25) is 0 Å². The van der Waals surface area contributed by atoms with Crippen molar-refractivity contribution in [1.29, 1.82) is 0 Å². The lowest BCUT2D eigenvalue weighted by Gasteiger charge is -2.03. The van der Waals surface area contributed by atoms with Gasteiger partial charge in [0.1, 0.15) is 0 Å². The number of benzene rings is 1. The summed E-state index contributed by atoms with van der Waals surface area (Å²) in [6, 6.07) is 6.76. The zero-order valence-corrected chi connectivity index (χ0v) is 8.49. The van der Waals surface area contributed by atoms with Gasteiger partial charge in [0, 0.05) is 12.1 Å². The Bertz CT molecular complexity index is 395. The summed E-state index contributed by atoms with van der Waals surface area (Å²) < 4.78 is 0. The minimum absolute atomic E-state index is 0.0373. The van der Waals surface area contributed by atoms with Crippen LogP contribution in [0.15, 0.2) is 29.3 Å². The largest absolute Gasteiger partial charge is 0.326 e. The first-order valence-electron chi connectivity index (χ1n) is 4.74. The first-order chi connectivity index (χ1) is 7.26. The Labute approximate surface area is 88.0 Å². The molecule has 1 aromatic rings. The second-order valence-corrected chi connectivity index (χ2v) is 3.05. The highest BCUT2D eigenvalue weighted by Crippen LogP contribution is 2.17. The van der Waals surface area contributed by atoms with Gasteiger partial charge in [-0.15, -0.1) is 0 Å². The summed E-state index contributed by atoms with van der Waals surface area (Å²) in [7, 11) is 0. The van der Waals surface area contributed by atoms with Gasteiger partial charge in [0.25, 0.3) is 0 Å². The molecule has 4 nitrogen and oxygen atoms in total. The molecule has 0 unspecified atom stereocenters. The number of rotatable bonds is 4. The van der Waals surface area contributed by atoms with E-state index >= 15 is 0 Å². The highest BCUT2D eigenvalue weighted by atomic mass is 16.1. The van der Waals surface area contributed by atoms with Crippen LogP contribution in [0.25, 0.3) is 0 Å². The summed E-state index contributed by atoms with van der Waals surface area (Å²) in [5, 5.41) is 2.71. The van der Waals surface area contributed by atoms with E-state index in [1.807, 2.05) is 6.92 Å². The van der Waals surface area contributed by atoms with Gasteiger partial charge >= 0.3 is 0 Å². The van der Waals surface area contributed by atoms with Gasteiger partial charge in [-0.2, -0.15) is 4.99 Å². The predicted molar refractivity (Wildman–Crippen MR) is 57.8 cm³/mol. The third-order valence-electron chi connectivity index (χ3n) is 1.78. The standard InChI is InChI=1S/C11H12N2O2/c1-2-4-11(15)13-10-6-3-5-9(7-10)12-8-14/h3,5-7H,2,4H2,1H3,(H,13,15). The van der Waals surface area contributed by atoms with E-state index in [0.29, 0.717) is 17.8 Å². The third kappa shape index (κ3) is 3.75. The molecule has 0 aromatic heterocycles. The number of aliphatic imine (C=N–C) groups is 1. The molecule has 1 amide bonds. The van der Waals surface area contributed by atoms with Crippen molar-refractivity contribution < 1.29 is 9.59 Å². The van der Waals surface area contributed by atoms with E-state index in [0.717, 1.165) is 6.42 Å². The molecule has 0 saturated carbocycles. The first-order valence-corrected chi connectivity index (χ1v) is 4.74. The highest BCUT2D eigenvalue weighted by molar-refractivity contribution is 5.91. The average molecular weight is 204 g/mol. The van der Waals surface area contributed by atoms with Crippen LogP contribution in [0.5, 0.6) is 0 Å². The van der Waals surface area contributed by atoms with Gasteiger partial charge in [0.15, 0.2) is 0 Å². The third-order valence-corrected chi connectivity index (χ3v) is 1.78. The summed E-state index contributed by atoms with van der Waals surface area (Å²) >= 11 is 0. The molecule has 0 bridgehead atoms. The molecule has 0 radical (unpaired) electrons. The average Bonchev–Trinajstić information content (AvgIpc) is 2.19. The summed E-state index contributed by atoms with van der Waals surface area (Å²) in [6.07, 6.45) is 2.74. The molecule has 1 aromatic carbocycles. The molecule has 1 N–H and O–H groups in total. The molecular weight excluding hydrogens is 192 g/mol. The van der Waals surface area contributed by atoms with Crippen molar-refractivity contribution in [1.82, 2.24) is 0 Å². The van der Waals surface area contributed by atoms with E-state index in [4.69, 9.17) is 0 Å². The Morgan fingerprint density at radius 2 is 2.33 bits per heavy atom. The minimum atomic E-state index is -0.0373. The van der Waals surface area contributed by atoms with E-state index in [-0.39, 0.29) is 5.91 Å². The van der Waals surface area contributed by atoms with Crippen LogP contribution in [0.1, 0.15) is 19.8 Å². The number of carbonyl (C=O) groups is 1. The van der Waals surface area contributed by atoms with Gasteiger partial charge in [0.05, 0.1) is 5.69 Å². The fourth-order valence-electron chi connectivity index (χ4n) is 1.16. The minimum Gasteiger partial charge on any atom is -0.326 e. The van der Waals surface area contributed by atoms with Gasteiger partial charge in [-0.1, -0.05) is 13.0 Å². The van der Waals surface area contributed by atoms with Crippen molar-refractivity contribution in [3.8, 4) is 0 Å². The SMILES string of the molecule is CCCC(=O)Nc1cccc(N=C=O)c1. The van der Waals surface area contributed by atoms with E-state index in [2.05, 4.69) is 10.3 Å². The number of hydrogen-bond donors (Lipinski definition) is 1. The molecule has 0 aliphatic rings. The molecular formula is C11H12N2O2. The summed E-state index contributed by atoms with van der Waals surface area (Å²) in [5.74, 6) is -0.0373. The Kier molecular flexibility index (Phi) is 4.26. The molecule has 0 aliphatic carbocycles. The fraction of sp³-hybridized carbons (Fsp3) is 0.273. The van der Waals surface area contributed by atoms with E-state index in [1.54, 1.807) is 24.3 Å². The van der Waals surface area contributed by atoms with Gasteiger partial charge in [0.2, 0.25) is 12.0 Å². The smallest absolute Gasteiger partial charge is 0.240 e. The van der Waals surface area contributed by atoms with Crippen molar-refractivity contribution in [2.75, 3.05) is 5.32 Å². The highest BCUT2D eigenvalue weighted by Gasteiger charge is 2.00. The van der Waals surface area contributed by atoms with Crippen LogP contribution < -0.4 is 5.32 Å². The number of isocyanates is 1. The normalized spacial score (nSPS) is 9.13. The van der Waals surface area contributed by atoms with Crippen molar-refractivity contribution in [2.24, 2.45) is 4.99 Å². The number of anilines is 1. The molecule has 0 spiro atoms. The Balaban J connectivity index is 2.73. The van der Waals surface area contributed by atoms with E-state index in [9.17, 15) is 9.59 Å². The van der Waals surface area contributed by atoms with Gasteiger partial charge in [-0.05, 0) is 24.6 Å². The molecule has 78 valence electrons. The summed E-state index contributed by atoms with van der Waals surface area (Å²) in [4.78, 5) is 24.8. The lowest BCUT2D eigenvalue weighted by Crippen LogP contribution is -2.10. The molecule has 0 heterocycles. The Morgan fingerprint density at radius 3 is 3.00 bits per heavy atom. The Hall–Kier alpha value is -1.93. The second kappa shape index (κ2) is 5.73. The number of amides is 1. The second-order valence-electron chi connectivity index (χ2n) is 3.05. The van der Waals surface area contributed by atoms with Crippen LogP contribution in [-0.4, -0.2) is 12.0 Å².